The zero-order valence-electron chi connectivity index (χ0n) is 19.8. The van der Waals surface area contributed by atoms with Crippen LogP contribution in [0.4, 0.5) is 11.4 Å². The fourth-order valence-corrected chi connectivity index (χ4v) is 5.00. The number of anilines is 2. The predicted octanol–water partition coefficient (Wildman–Crippen LogP) is 3.39. The third kappa shape index (κ3) is 7.51. The molecule has 3 rings (SSSR count). The molecule has 0 radical (unpaired) electrons. The maximum atomic E-state index is 12.7. The van der Waals surface area contributed by atoms with Crippen molar-refractivity contribution in [3.63, 3.8) is 0 Å². The van der Waals surface area contributed by atoms with Crippen molar-refractivity contribution in [3.8, 4) is 0 Å². The van der Waals surface area contributed by atoms with E-state index in [0.29, 0.717) is 30.2 Å². The van der Waals surface area contributed by atoms with Gasteiger partial charge in [-0.25, -0.2) is 8.42 Å². The summed E-state index contributed by atoms with van der Waals surface area (Å²) in [4.78, 5) is 27.1. The third-order valence-corrected chi connectivity index (χ3v) is 7.30. The van der Waals surface area contributed by atoms with Crippen molar-refractivity contribution < 1.29 is 22.4 Å². The number of para-hydroxylation sites is 1. The molecule has 0 aliphatic carbocycles. The summed E-state index contributed by atoms with van der Waals surface area (Å²) in [6.45, 7) is 4.49. The zero-order chi connectivity index (χ0) is 25.3. The largest absolute Gasteiger partial charge is 0.468 e. The van der Waals surface area contributed by atoms with E-state index in [9.17, 15) is 18.0 Å². The summed E-state index contributed by atoms with van der Waals surface area (Å²) in [6, 6.07) is 18.6. The number of amides is 2. The minimum atomic E-state index is -3.58. The molecule has 9 nitrogen and oxygen atoms in total. The Morgan fingerprint density at radius 3 is 1.89 bits per heavy atom. The van der Waals surface area contributed by atoms with E-state index in [1.807, 2.05) is 18.2 Å². The quantitative estimate of drug-likeness (QED) is 0.396. The highest BCUT2D eigenvalue weighted by Crippen LogP contribution is 2.18. The molecule has 0 unspecified atom stereocenters. The number of nitrogens with one attached hydrogen (secondary N) is 2. The van der Waals surface area contributed by atoms with E-state index < -0.39 is 10.0 Å². The van der Waals surface area contributed by atoms with Crippen LogP contribution in [0.25, 0.3) is 0 Å². The average Bonchev–Trinajstić information content (AvgIpc) is 3.33. The third-order valence-electron chi connectivity index (χ3n) is 5.23. The summed E-state index contributed by atoms with van der Waals surface area (Å²) in [5.41, 5.74) is 1.12. The Hall–Kier alpha value is -3.47. The monoisotopic (exact) mass is 498 g/mol. The van der Waals surface area contributed by atoms with Crippen LogP contribution in [0.1, 0.15) is 19.6 Å². The molecule has 0 aliphatic heterocycles. The van der Waals surface area contributed by atoms with Crippen molar-refractivity contribution in [3.05, 3.63) is 78.8 Å². The van der Waals surface area contributed by atoms with Gasteiger partial charge >= 0.3 is 0 Å². The summed E-state index contributed by atoms with van der Waals surface area (Å²) in [7, 11) is -3.58. The minimum Gasteiger partial charge on any atom is -0.468 e. The number of sulfonamides is 1. The van der Waals surface area contributed by atoms with Crippen LogP contribution in [-0.2, 0) is 26.2 Å². The fraction of sp³-hybridized carbons (Fsp3) is 0.280. The van der Waals surface area contributed by atoms with Gasteiger partial charge in [0.05, 0.1) is 30.8 Å². The lowest BCUT2D eigenvalue weighted by Gasteiger charge is -2.20. The predicted molar refractivity (Wildman–Crippen MR) is 134 cm³/mol. The van der Waals surface area contributed by atoms with Gasteiger partial charge in [-0.3, -0.25) is 14.5 Å². The maximum Gasteiger partial charge on any atom is 0.243 e. The lowest BCUT2D eigenvalue weighted by atomic mass is 10.3. The normalized spacial score (nSPS) is 11.5. The Morgan fingerprint density at radius 1 is 0.800 bits per heavy atom. The highest BCUT2D eigenvalue weighted by Gasteiger charge is 2.21. The van der Waals surface area contributed by atoms with Crippen LogP contribution in [0.5, 0.6) is 0 Å². The molecule has 10 heteroatoms. The number of carbonyl (C=O) groups is 2. The van der Waals surface area contributed by atoms with E-state index in [0.717, 1.165) is 0 Å². The van der Waals surface area contributed by atoms with Crippen LogP contribution in [0, 0.1) is 0 Å². The van der Waals surface area contributed by atoms with Gasteiger partial charge in [-0.2, -0.15) is 4.31 Å². The second-order valence-corrected chi connectivity index (χ2v) is 9.74. The molecule has 0 aliphatic rings. The molecule has 186 valence electrons. The molecular weight excluding hydrogens is 468 g/mol. The van der Waals surface area contributed by atoms with Gasteiger partial charge < -0.3 is 15.1 Å². The molecule has 2 amide bonds. The van der Waals surface area contributed by atoms with Crippen LogP contribution >= 0.6 is 0 Å². The van der Waals surface area contributed by atoms with E-state index in [1.165, 1.54) is 22.7 Å². The van der Waals surface area contributed by atoms with Crippen molar-refractivity contribution in [2.75, 3.05) is 36.8 Å². The van der Waals surface area contributed by atoms with Gasteiger partial charge in [-0.1, -0.05) is 32.0 Å². The van der Waals surface area contributed by atoms with Gasteiger partial charge in [0.25, 0.3) is 0 Å². The molecule has 0 fully saturated rings. The number of hydrogen-bond acceptors (Lipinski definition) is 6. The highest BCUT2D eigenvalue weighted by molar-refractivity contribution is 7.89. The van der Waals surface area contributed by atoms with Gasteiger partial charge in [0.2, 0.25) is 21.8 Å². The van der Waals surface area contributed by atoms with Gasteiger partial charge in [-0.15, -0.1) is 0 Å². The van der Waals surface area contributed by atoms with Crippen molar-refractivity contribution in [2.24, 2.45) is 0 Å². The summed E-state index contributed by atoms with van der Waals surface area (Å²) in [6.07, 6.45) is 1.53. The standard InChI is InChI=1S/C25H30N4O5S/c1-3-29(4-2)35(32,33)23-14-12-21(13-15-23)27-25(31)19-28(17-22-11-8-16-34-22)18-24(30)26-20-9-6-5-7-10-20/h5-16H,3-4,17-19H2,1-2H3,(H,26,30)(H,27,31). The van der Waals surface area contributed by atoms with E-state index in [-0.39, 0.29) is 36.3 Å². The lowest BCUT2D eigenvalue weighted by Crippen LogP contribution is -2.38. The summed E-state index contributed by atoms with van der Waals surface area (Å²) < 4.78 is 32.0. The first-order valence-electron chi connectivity index (χ1n) is 11.3. The summed E-state index contributed by atoms with van der Waals surface area (Å²) in [5, 5.41) is 5.57. The molecular formula is C25H30N4O5S. The molecule has 2 N–H and O–H groups in total. The lowest BCUT2D eigenvalue weighted by molar-refractivity contribution is -0.120. The molecule has 0 saturated heterocycles. The molecule has 1 aromatic heterocycles. The second kappa shape index (κ2) is 12.3. The molecule has 0 saturated carbocycles. The number of benzene rings is 2. The Balaban J connectivity index is 1.64. The van der Waals surface area contributed by atoms with Crippen molar-refractivity contribution >= 4 is 33.2 Å². The van der Waals surface area contributed by atoms with E-state index >= 15 is 0 Å². The van der Waals surface area contributed by atoms with E-state index in [2.05, 4.69) is 10.6 Å². The van der Waals surface area contributed by atoms with Crippen LogP contribution in [0.3, 0.4) is 0 Å². The Kier molecular flexibility index (Phi) is 9.18. The smallest absolute Gasteiger partial charge is 0.243 e. The fourth-order valence-electron chi connectivity index (χ4n) is 3.54. The van der Waals surface area contributed by atoms with Gasteiger partial charge in [0.1, 0.15) is 5.76 Å². The highest BCUT2D eigenvalue weighted by atomic mass is 32.2. The number of carbonyl (C=O) groups excluding carboxylic acids is 2. The van der Waals surface area contributed by atoms with Crippen molar-refractivity contribution in [2.45, 2.75) is 25.3 Å². The van der Waals surface area contributed by atoms with E-state index in [4.69, 9.17) is 4.42 Å². The molecule has 35 heavy (non-hydrogen) atoms. The number of nitrogens with zero attached hydrogens (tertiary/aromatic N) is 2. The Bertz CT molecular complexity index is 1190. The first kappa shape index (κ1) is 26.1. The number of rotatable bonds is 12. The van der Waals surface area contributed by atoms with Crippen LogP contribution in [-0.4, -0.2) is 55.6 Å². The van der Waals surface area contributed by atoms with Crippen molar-refractivity contribution in [1.29, 1.82) is 0 Å². The Morgan fingerprint density at radius 2 is 1.37 bits per heavy atom. The second-order valence-electron chi connectivity index (χ2n) is 7.80. The topological polar surface area (TPSA) is 112 Å². The number of hydrogen-bond donors (Lipinski definition) is 2. The molecule has 0 bridgehead atoms. The van der Waals surface area contributed by atoms with Crippen molar-refractivity contribution in [1.82, 2.24) is 9.21 Å². The first-order chi connectivity index (χ1) is 16.8. The van der Waals surface area contributed by atoms with Gasteiger partial charge in [-0.05, 0) is 48.5 Å². The van der Waals surface area contributed by atoms with Gasteiger partial charge in [0.15, 0.2) is 0 Å². The minimum absolute atomic E-state index is 0.0237. The van der Waals surface area contributed by atoms with Crippen LogP contribution < -0.4 is 10.6 Å². The summed E-state index contributed by atoms with van der Waals surface area (Å²) >= 11 is 0. The summed E-state index contributed by atoms with van der Waals surface area (Å²) in [5.74, 6) is 0.0150. The first-order valence-corrected chi connectivity index (χ1v) is 12.8. The van der Waals surface area contributed by atoms with Gasteiger partial charge in [0, 0.05) is 24.5 Å². The molecule has 0 spiro atoms. The molecule has 3 aromatic rings. The molecule has 0 atom stereocenters. The molecule has 1 heterocycles. The maximum absolute atomic E-state index is 12.7. The Labute approximate surface area is 205 Å². The SMILES string of the molecule is CCN(CC)S(=O)(=O)c1ccc(NC(=O)CN(CC(=O)Nc2ccccc2)Cc2ccco2)cc1. The van der Waals surface area contributed by atoms with E-state index in [1.54, 1.807) is 55.1 Å². The number of furan rings is 1. The van der Waals surface area contributed by atoms with Crippen LogP contribution in [0.2, 0.25) is 0 Å². The molecule has 2 aromatic carbocycles. The van der Waals surface area contributed by atoms with Crippen LogP contribution in [0.15, 0.2) is 82.3 Å². The zero-order valence-corrected chi connectivity index (χ0v) is 20.6. The average molecular weight is 499 g/mol.